The highest BCUT2D eigenvalue weighted by atomic mass is 32.2. The number of sulfonamides is 1. The van der Waals surface area contributed by atoms with E-state index in [1.807, 2.05) is 33.8 Å². The number of piperazine rings is 1. The molecule has 34 heavy (non-hydrogen) atoms. The first kappa shape index (κ1) is 24.1. The lowest BCUT2D eigenvalue weighted by molar-refractivity contribution is -0.121. The number of carbonyl (C=O) groups excluding carboxylic acids is 3. The van der Waals surface area contributed by atoms with Crippen molar-refractivity contribution in [3.8, 4) is 0 Å². The molecule has 2 aliphatic rings. The van der Waals surface area contributed by atoms with Gasteiger partial charge in [0.2, 0.25) is 21.8 Å². The average molecular weight is 484 g/mol. The molecule has 0 unspecified atom stereocenters. The van der Waals surface area contributed by atoms with Gasteiger partial charge in [-0.1, -0.05) is 6.07 Å². The third-order valence-electron chi connectivity index (χ3n) is 6.84. The Bertz CT molecular complexity index is 1230. The first-order valence-electron chi connectivity index (χ1n) is 11.3. The van der Waals surface area contributed by atoms with Crippen LogP contribution in [0.25, 0.3) is 0 Å². The number of hydrogen-bond donors (Lipinski definition) is 0. The standard InChI is InChI=1S/C25H29N3O5S/c1-16-15-17(2)19(4)24(18(16)3)34(32,33)27-13-11-26(12-14-27)25(31)20-5-7-21(8-6-20)28-22(29)9-10-23(28)30/h5-8,15H,9-14H2,1-4H3. The Morgan fingerprint density at radius 3 is 1.79 bits per heavy atom. The molecule has 3 amide bonds. The molecule has 2 fully saturated rings. The van der Waals surface area contributed by atoms with Crippen molar-refractivity contribution >= 4 is 33.4 Å². The van der Waals surface area contributed by atoms with Gasteiger partial charge in [-0.15, -0.1) is 0 Å². The molecular weight excluding hydrogens is 454 g/mol. The molecule has 2 aromatic carbocycles. The van der Waals surface area contributed by atoms with Crippen molar-refractivity contribution in [3.63, 3.8) is 0 Å². The minimum absolute atomic E-state index is 0.202. The quantitative estimate of drug-likeness (QED) is 0.623. The molecule has 0 spiro atoms. The van der Waals surface area contributed by atoms with Crippen LogP contribution in [0.1, 0.15) is 45.5 Å². The topological polar surface area (TPSA) is 95.1 Å². The van der Waals surface area contributed by atoms with E-state index in [0.717, 1.165) is 27.2 Å². The summed E-state index contributed by atoms with van der Waals surface area (Å²) in [5, 5.41) is 0. The SMILES string of the molecule is Cc1cc(C)c(C)c(S(=O)(=O)N2CCN(C(=O)c3ccc(N4C(=O)CCC4=O)cc3)CC2)c1C. The smallest absolute Gasteiger partial charge is 0.253 e. The summed E-state index contributed by atoms with van der Waals surface area (Å²) >= 11 is 0. The normalized spacial score (nSPS) is 17.5. The fraction of sp³-hybridized carbons (Fsp3) is 0.400. The highest BCUT2D eigenvalue weighted by molar-refractivity contribution is 7.89. The second-order valence-electron chi connectivity index (χ2n) is 8.96. The number of benzene rings is 2. The van der Waals surface area contributed by atoms with Crippen LogP contribution in [-0.2, 0) is 19.6 Å². The lowest BCUT2D eigenvalue weighted by atomic mass is 10.0. The van der Waals surface area contributed by atoms with Gasteiger partial charge in [0.1, 0.15) is 0 Å². The molecule has 180 valence electrons. The summed E-state index contributed by atoms with van der Waals surface area (Å²) in [6.45, 7) is 8.50. The Hall–Kier alpha value is -3.04. The van der Waals surface area contributed by atoms with Crippen molar-refractivity contribution in [2.24, 2.45) is 0 Å². The number of rotatable bonds is 4. The van der Waals surface area contributed by atoms with Crippen LogP contribution >= 0.6 is 0 Å². The molecule has 0 aliphatic carbocycles. The predicted molar refractivity (Wildman–Crippen MR) is 128 cm³/mol. The predicted octanol–water partition coefficient (Wildman–Crippen LogP) is 2.72. The zero-order valence-corrected chi connectivity index (χ0v) is 20.7. The maximum Gasteiger partial charge on any atom is 0.253 e. The van der Waals surface area contributed by atoms with Gasteiger partial charge >= 0.3 is 0 Å². The molecular formula is C25H29N3O5S. The Morgan fingerprint density at radius 2 is 1.29 bits per heavy atom. The fourth-order valence-corrected chi connectivity index (χ4v) is 6.63. The van der Waals surface area contributed by atoms with Gasteiger partial charge in [0.15, 0.2) is 0 Å². The lowest BCUT2D eigenvalue weighted by Crippen LogP contribution is -2.50. The van der Waals surface area contributed by atoms with Gasteiger partial charge < -0.3 is 4.90 Å². The van der Waals surface area contributed by atoms with Crippen LogP contribution in [0.4, 0.5) is 5.69 Å². The molecule has 0 aromatic heterocycles. The van der Waals surface area contributed by atoms with E-state index >= 15 is 0 Å². The van der Waals surface area contributed by atoms with Gasteiger partial charge in [-0.2, -0.15) is 4.31 Å². The van der Waals surface area contributed by atoms with Gasteiger partial charge in [-0.05, 0) is 74.2 Å². The number of hydrogen-bond acceptors (Lipinski definition) is 5. The van der Waals surface area contributed by atoms with Crippen LogP contribution in [-0.4, -0.2) is 61.5 Å². The van der Waals surface area contributed by atoms with Crippen LogP contribution in [0.15, 0.2) is 35.2 Å². The summed E-state index contributed by atoms with van der Waals surface area (Å²) in [5.41, 5.74) is 4.29. The Morgan fingerprint density at radius 1 is 0.794 bits per heavy atom. The third kappa shape index (κ3) is 4.14. The first-order chi connectivity index (χ1) is 16.0. The summed E-state index contributed by atoms with van der Waals surface area (Å²) in [4.78, 5) is 40.0. The van der Waals surface area contributed by atoms with Crippen molar-refractivity contribution in [2.45, 2.75) is 45.4 Å². The minimum Gasteiger partial charge on any atom is -0.336 e. The van der Waals surface area contributed by atoms with Crippen molar-refractivity contribution in [3.05, 3.63) is 58.1 Å². The van der Waals surface area contributed by atoms with Gasteiger partial charge in [0, 0.05) is 44.6 Å². The summed E-state index contributed by atoms with van der Waals surface area (Å²) in [7, 11) is -3.68. The van der Waals surface area contributed by atoms with E-state index in [2.05, 4.69) is 0 Å². The molecule has 0 atom stereocenters. The van der Waals surface area contributed by atoms with E-state index in [9.17, 15) is 22.8 Å². The van der Waals surface area contributed by atoms with E-state index in [1.165, 1.54) is 4.31 Å². The van der Waals surface area contributed by atoms with Crippen molar-refractivity contribution in [1.29, 1.82) is 0 Å². The Balaban J connectivity index is 1.46. The van der Waals surface area contributed by atoms with Gasteiger partial charge in [0.05, 0.1) is 10.6 Å². The molecule has 0 radical (unpaired) electrons. The number of amides is 3. The monoisotopic (exact) mass is 483 g/mol. The Kier molecular flexibility index (Phi) is 6.35. The second-order valence-corrected chi connectivity index (χ2v) is 10.8. The summed E-state index contributed by atoms with van der Waals surface area (Å²) in [5.74, 6) is -0.687. The lowest BCUT2D eigenvalue weighted by Gasteiger charge is -2.35. The Labute approximate surface area is 200 Å². The average Bonchev–Trinajstić information content (AvgIpc) is 3.15. The zero-order chi connectivity index (χ0) is 24.8. The molecule has 2 aliphatic heterocycles. The summed E-state index contributed by atoms with van der Waals surface area (Å²) in [6, 6.07) is 8.40. The maximum absolute atomic E-state index is 13.5. The molecule has 0 saturated carbocycles. The molecule has 8 nitrogen and oxygen atoms in total. The van der Waals surface area contributed by atoms with E-state index in [1.54, 1.807) is 29.2 Å². The maximum atomic E-state index is 13.5. The summed E-state index contributed by atoms with van der Waals surface area (Å²) in [6.07, 6.45) is 0.405. The largest absolute Gasteiger partial charge is 0.336 e. The fourth-order valence-electron chi connectivity index (χ4n) is 4.63. The zero-order valence-electron chi connectivity index (χ0n) is 19.9. The van der Waals surface area contributed by atoms with E-state index in [0.29, 0.717) is 16.1 Å². The van der Waals surface area contributed by atoms with Crippen molar-refractivity contribution in [2.75, 3.05) is 31.1 Å². The van der Waals surface area contributed by atoms with Crippen LogP contribution in [0.5, 0.6) is 0 Å². The molecule has 2 saturated heterocycles. The van der Waals surface area contributed by atoms with E-state index < -0.39 is 10.0 Å². The molecule has 2 aromatic rings. The molecule has 9 heteroatoms. The number of imide groups is 1. The van der Waals surface area contributed by atoms with Crippen molar-refractivity contribution in [1.82, 2.24) is 9.21 Å². The molecule has 0 bridgehead atoms. The van der Waals surface area contributed by atoms with Crippen LogP contribution in [0, 0.1) is 27.7 Å². The molecule has 4 rings (SSSR count). The minimum atomic E-state index is -3.68. The van der Waals surface area contributed by atoms with E-state index in [-0.39, 0.29) is 56.7 Å². The second kappa shape index (κ2) is 8.96. The number of carbonyl (C=O) groups is 3. The molecule has 0 N–H and O–H groups in total. The first-order valence-corrected chi connectivity index (χ1v) is 12.8. The van der Waals surface area contributed by atoms with Gasteiger partial charge in [-0.3, -0.25) is 19.3 Å². The third-order valence-corrected chi connectivity index (χ3v) is 9.02. The van der Waals surface area contributed by atoms with Gasteiger partial charge in [-0.25, -0.2) is 8.42 Å². The van der Waals surface area contributed by atoms with Crippen LogP contribution < -0.4 is 4.90 Å². The summed E-state index contributed by atoms with van der Waals surface area (Å²) < 4.78 is 28.4. The van der Waals surface area contributed by atoms with Crippen molar-refractivity contribution < 1.29 is 22.8 Å². The molecule has 2 heterocycles. The highest BCUT2D eigenvalue weighted by Gasteiger charge is 2.34. The van der Waals surface area contributed by atoms with Crippen LogP contribution in [0.3, 0.4) is 0 Å². The number of aryl methyl sites for hydroxylation is 2. The number of anilines is 1. The van der Waals surface area contributed by atoms with Crippen LogP contribution in [0.2, 0.25) is 0 Å². The van der Waals surface area contributed by atoms with Gasteiger partial charge in [0.25, 0.3) is 5.91 Å². The highest BCUT2D eigenvalue weighted by Crippen LogP contribution is 2.29. The number of nitrogens with zero attached hydrogens (tertiary/aromatic N) is 3. The van der Waals surface area contributed by atoms with E-state index in [4.69, 9.17) is 0 Å².